The fourth-order valence-electron chi connectivity index (χ4n) is 4.50. The fraction of sp³-hybridized carbons (Fsp3) is 0.231. The minimum absolute atomic E-state index is 0.0801. The molecule has 0 radical (unpaired) electrons. The van der Waals surface area contributed by atoms with Crippen LogP contribution in [0.25, 0.3) is 20.4 Å². The number of hydrogen-bond acceptors (Lipinski definition) is 6. The summed E-state index contributed by atoms with van der Waals surface area (Å²) in [5.74, 6) is 0.467. The highest BCUT2D eigenvalue weighted by Crippen LogP contribution is 2.34. The van der Waals surface area contributed by atoms with E-state index in [1.165, 1.54) is 15.1 Å². The third-order valence-corrected chi connectivity index (χ3v) is 8.37. The van der Waals surface area contributed by atoms with Crippen molar-refractivity contribution in [3.63, 3.8) is 0 Å². The van der Waals surface area contributed by atoms with Crippen LogP contribution in [-0.4, -0.2) is 20.9 Å². The van der Waals surface area contributed by atoms with Crippen molar-refractivity contribution in [3.8, 4) is 0 Å². The Morgan fingerprint density at radius 1 is 1.03 bits per heavy atom. The predicted molar refractivity (Wildman–Crippen MR) is 138 cm³/mol. The first-order valence-electron chi connectivity index (χ1n) is 11.4. The average molecular weight is 487 g/mol. The van der Waals surface area contributed by atoms with Gasteiger partial charge < -0.3 is 10.3 Å². The number of aryl methyl sites for hydroxylation is 3. The van der Waals surface area contributed by atoms with Crippen molar-refractivity contribution in [2.75, 3.05) is 5.32 Å². The molecule has 1 amide bonds. The molecule has 2 N–H and O–H groups in total. The Morgan fingerprint density at radius 2 is 1.88 bits per heavy atom. The van der Waals surface area contributed by atoms with Crippen LogP contribution in [0.15, 0.2) is 53.3 Å². The standard InChI is InChI=1S/C26H22N4O2S2/c31-22(13-12-21-29-25(32)24-17-4-3-7-19(17)34-26(24)30-21)27-16-10-8-15(9-11-16)14-23-28-18-5-1-2-6-20(18)33-23/h1-2,5-6,8-11H,3-4,7,12-14H2,(H,27,31)(H,29,30,32). The maximum atomic E-state index is 12.6. The van der Waals surface area contributed by atoms with E-state index in [1.807, 2.05) is 42.5 Å². The first-order chi connectivity index (χ1) is 16.6. The second kappa shape index (κ2) is 8.77. The number of fused-ring (bicyclic) bond motifs is 4. The van der Waals surface area contributed by atoms with Crippen LogP contribution in [-0.2, 0) is 30.5 Å². The zero-order valence-electron chi connectivity index (χ0n) is 18.4. The van der Waals surface area contributed by atoms with Crippen molar-refractivity contribution in [1.29, 1.82) is 0 Å². The van der Waals surface area contributed by atoms with Crippen LogP contribution in [0.2, 0.25) is 0 Å². The SMILES string of the molecule is O=C(CCc1nc2sc3c(c2c(=O)[nH]1)CCC3)Nc1ccc(Cc2nc3ccccc3s2)cc1. The number of aromatic nitrogens is 3. The van der Waals surface area contributed by atoms with Gasteiger partial charge in [-0.3, -0.25) is 9.59 Å². The third-order valence-electron chi connectivity index (χ3n) is 6.14. The number of amides is 1. The first-order valence-corrected chi connectivity index (χ1v) is 13.0. The van der Waals surface area contributed by atoms with E-state index < -0.39 is 0 Å². The van der Waals surface area contributed by atoms with Crippen LogP contribution >= 0.6 is 22.7 Å². The van der Waals surface area contributed by atoms with Gasteiger partial charge in [-0.05, 0) is 54.7 Å². The third kappa shape index (κ3) is 4.15. The van der Waals surface area contributed by atoms with E-state index in [0.29, 0.717) is 12.2 Å². The Hall–Kier alpha value is -3.36. The molecule has 0 saturated heterocycles. The van der Waals surface area contributed by atoms with Crippen LogP contribution in [0, 0.1) is 0 Å². The van der Waals surface area contributed by atoms with Crippen molar-refractivity contribution >= 4 is 54.7 Å². The predicted octanol–water partition coefficient (Wildman–Crippen LogP) is 5.25. The van der Waals surface area contributed by atoms with Crippen molar-refractivity contribution in [1.82, 2.24) is 15.0 Å². The number of para-hydroxylation sites is 1. The van der Waals surface area contributed by atoms with E-state index in [2.05, 4.69) is 26.3 Å². The summed E-state index contributed by atoms with van der Waals surface area (Å²) in [6, 6.07) is 16.0. The highest BCUT2D eigenvalue weighted by atomic mass is 32.1. The topological polar surface area (TPSA) is 87.7 Å². The van der Waals surface area contributed by atoms with Gasteiger partial charge >= 0.3 is 0 Å². The number of H-pyrrole nitrogens is 1. The number of anilines is 1. The molecule has 0 bridgehead atoms. The summed E-state index contributed by atoms with van der Waals surface area (Å²) in [6.45, 7) is 0. The van der Waals surface area contributed by atoms with Crippen LogP contribution in [0.3, 0.4) is 0 Å². The number of thiophene rings is 1. The van der Waals surface area contributed by atoms with Crippen molar-refractivity contribution < 1.29 is 4.79 Å². The van der Waals surface area contributed by atoms with Gasteiger partial charge in [-0.1, -0.05) is 24.3 Å². The van der Waals surface area contributed by atoms with Gasteiger partial charge in [-0.15, -0.1) is 22.7 Å². The number of hydrogen-bond donors (Lipinski definition) is 2. The molecule has 0 saturated carbocycles. The van der Waals surface area contributed by atoms with E-state index in [-0.39, 0.29) is 17.9 Å². The number of benzene rings is 2. The maximum absolute atomic E-state index is 12.6. The molecular weight excluding hydrogens is 464 g/mol. The molecule has 3 aromatic heterocycles. The van der Waals surface area contributed by atoms with E-state index in [4.69, 9.17) is 0 Å². The number of nitrogens with one attached hydrogen (secondary N) is 2. The first kappa shape index (κ1) is 21.2. The average Bonchev–Trinajstić information content (AvgIpc) is 3.52. The summed E-state index contributed by atoms with van der Waals surface area (Å²) in [6.07, 6.45) is 4.53. The Kier molecular flexibility index (Phi) is 5.47. The second-order valence-electron chi connectivity index (χ2n) is 8.55. The fourth-order valence-corrected chi connectivity index (χ4v) is 6.78. The summed E-state index contributed by atoms with van der Waals surface area (Å²) >= 11 is 3.33. The van der Waals surface area contributed by atoms with E-state index >= 15 is 0 Å². The molecule has 6 nitrogen and oxygen atoms in total. The molecule has 0 unspecified atom stereocenters. The lowest BCUT2D eigenvalue weighted by atomic mass is 10.1. The van der Waals surface area contributed by atoms with E-state index in [0.717, 1.165) is 57.7 Å². The van der Waals surface area contributed by atoms with E-state index in [1.54, 1.807) is 22.7 Å². The lowest BCUT2D eigenvalue weighted by molar-refractivity contribution is -0.116. The van der Waals surface area contributed by atoms with Crippen molar-refractivity contribution in [3.05, 3.63) is 85.7 Å². The summed E-state index contributed by atoms with van der Waals surface area (Å²) in [4.78, 5) is 39.3. The summed E-state index contributed by atoms with van der Waals surface area (Å²) in [7, 11) is 0. The van der Waals surface area contributed by atoms with Crippen LogP contribution in [0.1, 0.15) is 39.7 Å². The number of rotatable bonds is 6. The molecule has 3 heterocycles. The Labute approximate surface area is 203 Å². The summed E-state index contributed by atoms with van der Waals surface area (Å²) in [5, 5.41) is 4.76. The highest BCUT2D eigenvalue weighted by molar-refractivity contribution is 7.19. The zero-order chi connectivity index (χ0) is 23.1. The molecule has 1 aliphatic carbocycles. The molecule has 170 valence electrons. The van der Waals surface area contributed by atoms with Gasteiger partial charge in [0.15, 0.2) is 0 Å². The van der Waals surface area contributed by atoms with Gasteiger partial charge in [0.2, 0.25) is 5.91 Å². The number of aromatic amines is 1. The molecule has 0 spiro atoms. The Balaban J connectivity index is 1.07. The maximum Gasteiger partial charge on any atom is 0.259 e. The molecule has 0 fully saturated rings. The lowest BCUT2D eigenvalue weighted by Crippen LogP contribution is -2.16. The van der Waals surface area contributed by atoms with Crippen molar-refractivity contribution in [2.45, 2.75) is 38.5 Å². The lowest BCUT2D eigenvalue weighted by Gasteiger charge is -2.06. The van der Waals surface area contributed by atoms with Crippen molar-refractivity contribution in [2.24, 2.45) is 0 Å². The molecule has 34 heavy (non-hydrogen) atoms. The molecule has 0 aliphatic heterocycles. The van der Waals surface area contributed by atoms with Crippen LogP contribution < -0.4 is 10.9 Å². The van der Waals surface area contributed by atoms with Gasteiger partial charge in [-0.2, -0.15) is 0 Å². The highest BCUT2D eigenvalue weighted by Gasteiger charge is 2.21. The molecular formula is C26H22N4O2S2. The molecule has 6 rings (SSSR count). The zero-order valence-corrected chi connectivity index (χ0v) is 20.0. The minimum atomic E-state index is -0.102. The number of nitrogens with zero attached hydrogens (tertiary/aromatic N) is 2. The smallest absolute Gasteiger partial charge is 0.259 e. The number of thiazole rings is 1. The minimum Gasteiger partial charge on any atom is -0.326 e. The normalized spacial score (nSPS) is 12.9. The monoisotopic (exact) mass is 486 g/mol. The quantitative estimate of drug-likeness (QED) is 0.343. The van der Waals surface area contributed by atoms with Gasteiger partial charge in [0.1, 0.15) is 10.7 Å². The van der Waals surface area contributed by atoms with Gasteiger partial charge in [0.25, 0.3) is 5.56 Å². The Morgan fingerprint density at radius 3 is 2.74 bits per heavy atom. The summed E-state index contributed by atoms with van der Waals surface area (Å²) < 4.78 is 1.19. The number of carbonyl (C=O) groups is 1. The van der Waals surface area contributed by atoms with Crippen LogP contribution in [0.5, 0.6) is 0 Å². The molecule has 2 aromatic carbocycles. The van der Waals surface area contributed by atoms with Gasteiger partial charge in [-0.25, -0.2) is 9.97 Å². The second-order valence-corrected chi connectivity index (χ2v) is 10.7. The molecule has 0 atom stereocenters. The Bertz CT molecular complexity index is 1550. The molecule has 8 heteroatoms. The molecule has 5 aromatic rings. The van der Waals surface area contributed by atoms with Gasteiger partial charge in [0, 0.05) is 29.8 Å². The largest absolute Gasteiger partial charge is 0.326 e. The van der Waals surface area contributed by atoms with Crippen LogP contribution in [0.4, 0.5) is 5.69 Å². The molecule has 1 aliphatic rings. The number of carbonyl (C=O) groups excluding carboxylic acids is 1. The van der Waals surface area contributed by atoms with Gasteiger partial charge in [0.05, 0.1) is 20.6 Å². The summed E-state index contributed by atoms with van der Waals surface area (Å²) in [5.41, 5.74) is 4.03. The van der Waals surface area contributed by atoms with E-state index in [9.17, 15) is 9.59 Å².